The van der Waals surface area contributed by atoms with Crippen molar-refractivity contribution in [3.05, 3.63) is 66.2 Å². The molecular formula is C33H37N3O4. The largest absolute Gasteiger partial charge is 0.443 e. The molecule has 0 fully saturated rings. The van der Waals surface area contributed by atoms with Crippen molar-refractivity contribution in [1.82, 2.24) is 14.0 Å². The summed E-state index contributed by atoms with van der Waals surface area (Å²) in [6.07, 6.45) is 3.23. The summed E-state index contributed by atoms with van der Waals surface area (Å²) in [5.41, 5.74) is 2.45. The van der Waals surface area contributed by atoms with Crippen LogP contribution in [0.3, 0.4) is 0 Å². The molecule has 40 heavy (non-hydrogen) atoms. The van der Waals surface area contributed by atoms with Crippen LogP contribution in [0.4, 0.5) is 9.59 Å². The third-order valence-corrected chi connectivity index (χ3v) is 6.54. The van der Waals surface area contributed by atoms with Crippen molar-refractivity contribution in [3.63, 3.8) is 0 Å². The number of carbonyl (C=O) groups excluding carboxylic acids is 2. The van der Waals surface area contributed by atoms with Crippen LogP contribution >= 0.6 is 0 Å². The van der Waals surface area contributed by atoms with Gasteiger partial charge in [0.15, 0.2) is 0 Å². The van der Waals surface area contributed by atoms with Gasteiger partial charge in [0.05, 0.1) is 22.1 Å². The number of rotatable bonds is 3. The summed E-state index contributed by atoms with van der Waals surface area (Å²) >= 11 is 0. The van der Waals surface area contributed by atoms with E-state index in [9.17, 15) is 9.59 Å². The molecule has 0 aliphatic carbocycles. The molecule has 0 N–H and O–H groups in total. The van der Waals surface area contributed by atoms with E-state index in [-0.39, 0.29) is 0 Å². The van der Waals surface area contributed by atoms with E-state index in [0.29, 0.717) is 6.54 Å². The Morgan fingerprint density at radius 1 is 0.750 bits per heavy atom. The van der Waals surface area contributed by atoms with E-state index >= 15 is 0 Å². The summed E-state index contributed by atoms with van der Waals surface area (Å²) in [6, 6.07) is 17.6. The molecule has 0 atom stereocenters. The van der Waals surface area contributed by atoms with Crippen LogP contribution in [0.15, 0.2) is 60.7 Å². The molecule has 2 aromatic heterocycles. The molecule has 3 aromatic carbocycles. The molecule has 0 unspecified atom stereocenters. The number of fused-ring (bicyclic) bond motifs is 6. The maximum absolute atomic E-state index is 13.8. The molecule has 0 bridgehead atoms. The molecule has 208 valence electrons. The van der Waals surface area contributed by atoms with Crippen LogP contribution in [-0.4, -0.2) is 58.1 Å². The number of ether oxygens (including phenoxy) is 2. The highest BCUT2D eigenvalue weighted by Crippen LogP contribution is 2.41. The second-order valence-electron chi connectivity index (χ2n) is 12.4. The van der Waals surface area contributed by atoms with Gasteiger partial charge in [-0.25, -0.2) is 18.7 Å². The minimum absolute atomic E-state index is 0.447. The van der Waals surface area contributed by atoms with Gasteiger partial charge in [-0.3, -0.25) is 0 Å². The first kappa shape index (κ1) is 27.5. The van der Waals surface area contributed by atoms with Gasteiger partial charge in [0, 0.05) is 33.7 Å². The Labute approximate surface area is 234 Å². The molecule has 7 heteroatoms. The van der Waals surface area contributed by atoms with Crippen LogP contribution < -0.4 is 0 Å². The van der Waals surface area contributed by atoms with Gasteiger partial charge in [-0.2, -0.15) is 0 Å². The van der Waals surface area contributed by atoms with E-state index in [0.717, 1.165) is 49.2 Å². The monoisotopic (exact) mass is 539 g/mol. The zero-order valence-electron chi connectivity index (χ0n) is 24.5. The van der Waals surface area contributed by atoms with Crippen molar-refractivity contribution in [2.45, 2.75) is 52.7 Å². The Balaban J connectivity index is 1.98. The third kappa shape index (κ3) is 4.97. The summed E-state index contributed by atoms with van der Waals surface area (Å²) in [5, 5.41) is 3.52. The van der Waals surface area contributed by atoms with Crippen molar-refractivity contribution in [1.29, 1.82) is 0 Å². The fraction of sp³-hybridized carbons (Fsp3) is 0.333. The highest BCUT2D eigenvalue weighted by atomic mass is 16.6. The summed E-state index contributed by atoms with van der Waals surface area (Å²) in [5.74, 6) is 0. The predicted octanol–water partition coefficient (Wildman–Crippen LogP) is 8.04. The second-order valence-corrected chi connectivity index (χ2v) is 12.4. The molecule has 0 aliphatic heterocycles. The Kier molecular flexibility index (Phi) is 6.74. The van der Waals surface area contributed by atoms with E-state index < -0.39 is 23.4 Å². The van der Waals surface area contributed by atoms with Crippen LogP contribution in [-0.2, 0) is 9.47 Å². The summed E-state index contributed by atoms with van der Waals surface area (Å²) in [4.78, 5) is 29.5. The average molecular weight is 540 g/mol. The van der Waals surface area contributed by atoms with Gasteiger partial charge < -0.3 is 14.4 Å². The van der Waals surface area contributed by atoms with Crippen LogP contribution in [0, 0.1) is 0 Å². The average Bonchev–Trinajstić information content (AvgIpc) is 3.34. The number of nitrogens with zero attached hydrogens (tertiary/aromatic N) is 3. The van der Waals surface area contributed by atoms with Gasteiger partial charge in [-0.1, -0.05) is 48.6 Å². The predicted molar refractivity (Wildman–Crippen MR) is 163 cm³/mol. The molecule has 0 aliphatic rings. The molecule has 7 nitrogen and oxygen atoms in total. The Morgan fingerprint density at radius 3 is 1.85 bits per heavy atom. The summed E-state index contributed by atoms with van der Waals surface area (Å²) in [6.45, 7) is 11.9. The van der Waals surface area contributed by atoms with E-state index in [1.165, 1.54) is 0 Å². The number of hydrogen-bond acceptors (Lipinski definition) is 5. The topological polar surface area (TPSA) is 65.7 Å². The van der Waals surface area contributed by atoms with E-state index in [1.807, 2.05) is 110 Å². The van der Waals surface area contributed by atoms with Gasteiger partial charge in [-0.15, -0.1) is 0 Å². The SMILES string of the molecule is CN(C)C/C=C/c1c2c3ccccc3n(C(=O)OC(C)(C)C)c2cc2c3ccccc3n(C(=O)OC(C)(C)C)c12. The quantitative estimate of drug-likeness (QED) is 0.232. The van der Waals surface area contributed by atoms with Crippen molar-refractivity contribution in [3.8, 4) is 0 Å². The normalized spacial score (nSPS) is 12.9. The lowest BCUT2D eigenvalue weighted by molar-refractivity contribution is 0.0539. The van der Waals surface area contributed by atoms with Gasteiger partial charge in [0.1, 0.15) is 11.2 Å². The fourth-order valence-corrected chi connectivity index (χ4v) is 5.16. The lowest BCUT2D eigenvalue weighted by Gasteiger charge is -2.21. The zero-order chi connectivity index (χ0) is 29.0. The van der Waals surface area contributed by atoms with E-state index in [2.05, 4.69) is 17.1 Å². The number of aromatic nitrogens is 2. The summed E-state index contributed by atoms with van der Waals surface area (Å²) < 4.78 is 15.1. The van der Waals surface area contributed by atoms with Crippen LogP contribution in [0.2, 0.25) is 0 Å². The Bertz CT molecular complexity index is 1800. The second kappa shape index (κ2) is 9.82. The zero-order valence-corrected chi connectivity index (χ0v) is 24.5. The smallest absolute Gasteiger partial charge is 0.419 e. The van der Waals surface area contributed by atoms with Crippen LogP contribution in [0.25, 0.3) is 49.7 Å². The lowest BCUT2D eigenvalue weighted by atomic mass is 10.0. The molecule has 0 saturated heterocycles. The van der Waals surface area contributed by atoms with Gasteiger partial charge in [0.25, 0.3) is 0 Å². The number of hydrogen-bond donors (Lipinski definition) is 0. The number of para-hydroxylation sites is 2. The number of likely N-dealkylation sites (N-methyl/N-ethyl adjacent to an activating group) is 1. The molecular weight excluding hydrogens is 502 g/mol. The van der Waals surface area contributed by atoms with Crippen LogP contribution in [0.1, 0.15) is 47.1 Å². The summed E-state index contributed by atoms with van der Waals surface area (Å²) in [7, 11) is 4.01. The first-order valence-electron chi connectivity index (χ1n) is 13.5. The highest BCUT2D eigenvalue weighted by Gasteiger charge is 2.28. The van der Waals surface area contributed by atoms with E-state index in [4.69, 9.17) is 9.47 Å². The maximum atomic E-state index is 13.8. The van der Waals surface area contributed by atoms with E-state index in [1.54, 1.807) is 9.13 Å². The minimum Gasteiger partial charge on any atom is -0.443 e. The molecule has 5 rings (SSSR count). The first-order chi connectivity index (χ1) is 18.8. The van der Waals surface area contributed by atoms with Crippen molar-refractivity contribution in [2.24, 2.45) is 0 Å². The van der Waals surface area contributed by atoms with Gasteiger partial charge in [-0.05, 0) is 73.8 Å². The Morgan fingerprint density at radius 2 is 1.27 bits per heavy atom. The maximum Gasteiger partial charge on any atom is 0.419 e. The van der Waals surface area contributed by atoms with Crippen molar-refractivity contribution in [2.75, 3.05) is 20.6 Å². The van der Waals surface area contributed by atoms with Gasteiger partial charge in [0.2, 0.25) is 0 Å². The molecule has 0 radical (unpaired) electrons. The first-order valence-corrected chi connectivity index (χ1v) is 13.5. The van der Waals surface area contributed by atoms with Gasteiger partial charge >= 0.3 is 12.2 Å². The molecule has 2 heterocycles. The third-order valence-electron chi connectivity index (χ3n) is 6.54. The van der Waals surface area contributed by atoms with Crippen molar-refractivity contribution < 1.29 is 19.1 Å². The molecule has 0 spiro atoms. The molecule has 0 amide bonds. The highest BCUT2D eigenvalue weighted by molar-refractivity contribution is 6.25. The minimum atomic E-state index is -0.674. The van der Waals surface area contributed by atoms with Crippen LogP contribution in [0.5, 0.6) is 0 Å². The number of benzene rings is 3. The molecule has 5 aromatic rings. The number of carbonyl (C=O) groups is 2. The standard InChI is InChI=1S/C33H37N3O4/c1-32(2,3)39-30(37)35-26-18-12-10-15-22(26)28-23(16-13-19-34(7)8)29-24(20-27(28)35)21-14-9-11-17-25(21)36(29)31(38)40-33(4,5)6/h9-18,20H,19H2,1-8H3/b16-13+. The fourth-order valence-electron chi connectivity index (χ4n) is 5.16. The lowest BCUT2D eigenvalue weighted by Crippen LogP contribution is -2.27. The Hall–Kier alpha value is -4.10. The molecule has 0 saturated carbocycles. The van der Waals surface area contributed by atoms with Crippen molar-refractivity contribution >= 4 is 61.9 Å².